The van der Waals surface area contributed by atoms with Crippen LogP contribution in [-0.4, -0.2) is 19.9 Å². The first kappa shape index (κ1) is 13.1. The van der Waals surface area contributed by atoms with Crippen molar-refractivity contribution in [2.24, 2.45) is 0 Å². The van der Waals surface area contributed by atoms with E-state index in [-0.39, 0.29) is 6.42 Å². The Morgan fingerprint density at radius 2 is 1.67 bits per heavy atom. The Labute approximate surface area is 92.9 Å². The maximum Gasteiger partial charge on any atom is 0.216 e. The summed E-state index contributed by atoms with van der Waals surface area (Å²) < 4.78 is -1.65. The van der Waals surface area contributed by atoms with Gasteiger partial charge in [-0.3, -0.25) is 0 Å². The zero-order valence-corrected chi connectivity index (χ0v) is 9.97. The lowest BCUT2D eigenvalue weighted by molar-refractivity contribution is 0.154. The number of hydrogen-bond acceptors (Lipinski definition) is 1. The molecule has 0 amide bonds. The van der Waals surface area contributed by atoms with Crippen molar-refractivity contribution in [2.75, 3.05) is 0 Å². The average molecular weight is 254 g/mol. The van der Waals surface area contributed by atoms with Crippen molar-refractivity contribution < 1.29 is 5.11 Å². The van der Waals surface area contributed by atoms with Crippen LogP contribution in [0.5, 0.6) is 0 Å². The Morgan fingerprint density at radius 3 is 1.92 bits per heavy atom. The molecule has 0 saturated heterocycles. The molecular weight excluding hydrogens is 242 g/mol. The van der Waals surface area contributed by atoms with Crippen molar-refractivity contribution in [3.63, 3.8) is 0 Å². The fourth-order valence-electron chi connectivity index (χ4n) is 0.663. The standard InChI is InChI=1S/C7H12Cl4O/c1-3-6(2,8)4-5(12)7(9,10)11/h5,12H,3-4H2,1-2H3. The Morgan fingerprint density at radius 1 is 1.25 bits per heavy atom. The van der Waals surface area contributed by atoms with E-state index in [0.29, 0.717) is 6.42 Å². The van der Waals surface area contributed by atoms with E-state index in [1.165, 1.54) is 0 Å². The minimum absolute atomic E-state index is 0.265. The van der Waals surface area contributed by atoms with Gasteiger partial charge in [0.25, 0.3) is 0 Å². The molecule has 0 spiro atoms. The molecule has 0 radical (unpaired) electrons. The predicted octanol–water partition coefficient (Wildman–Crippen LogP) is 3.52. The highest BCUT2D eigenvalue weighted by atomic mass is 35.6. The van der Waals surface area contributed by atoms with Gasteiger partial charge in [-0.1, -0.05) is 41.7 Å². The second-order valence-corrected chi connectivity index (χ2v) is 6.31. The van der Waals surface area contributed by atoms with Crippen molar-refractivity contribution in [3.05, 3.63) is 0 Å². The predicted molar refractivity (Wildman–Crippen MR) is 55.5 cm³/mol. The topological polar surface area (TPSA) is 20.2 Å². The van der Waals surface area contributed by atoms with Gasteiger partial charge in [-0.25, -0.2) is 0 Å². The smallest absolute Gasteiger partial charge is 0.216 e. The molecule has 0 fully saturated rings. The molecule has 0 aliphatic rings. The van der Waals surface area contributed by atoms with Gasteiger partial charge in [0.05, 0.1) is 0 Å². The molecule has 0 aliphatic carbocycles. The molecule has 5 heteroatoms. The molecule has 1 nitrogen and oxygen atoms in total. The summed E-state index contributed by atoms with van der Waals surface area (Å²) in [6.07, 6.45) is -0.0431. The zero-order valence-electron chi connectivity index (χ0n) is 6.95. The Balaban J connectivity index is 4.09. The second kappa shape index (κ2) is 4.56. The Bertz CT molecular complexity index is 141. The van der Waals surface area contributed by atoms with Crippen LogP contribution >= 0.6 is 46.4 Å². The van der Waals surface area contributed by atoms with Gasteiger partial charge < -0.3 is 5.11 Å². The molecule has 0 saturated carbocycles. The number of aliphatic hydroxyl groups is 1. The zero-order chi connectivity index (χ0) is 9.99. The first-order chi connectivity index (χ1) is 5.19. The number of alkyl halides is 4. The molecule has 0 heterocycles. The van der Waals surface area contributed by atoms with Gasteiger partial charge in [0, 0.05) is 4.87 Å². The lowest BCUT2D eigenvalue weighted by Crippen LogP contribution is -2.32. The first-order valence-corrected chi connectivity index (χ1v) is 5.14. The molecule has 0 rings (SSSR count). The number of aliphatic hydroxyl groups excluding tert-OH is 1. The van der Waals surface area contributed by atoms with Crippen LogP contribution in [0.4, 0.5) is 0 Å². The van der Waals surface area contributed by atoms with Gasteiger partial charge in [-0.05, 0) is 19.8 Å². The SMILES string of the molecule is CCC(C)(Cl)CC(O)C(Cl)(Cl)Cl. The highest BCUT2D eigenvalue weighted by Crippen LogP contribution is 2.36. The number of hydrogen-bond donors (Lipinski definition) is 1. The van der Waals surface area contributed by atoms with Crippen molar-refractivity contribution in [3.8, 4) is 0 Å². The summed E-state index contributed by atoms with van der Waals surface area (Å²) in [6.45, 7) is 3.71. The minimum Gasteiger partial charge on any atom is -0.389 e. The van der Waals surface area contributed by atoms with E-state index in [2.05, 4.69) is 0 Å². The van der Waals surface area contributed by atoms with Crippen LogP contribution in [-0.2, 0) is 0 Å². The highest BCUT2D eigenvalue weighted by molar-refractivity contribution is 6.68. The van der Waals surface area contributed by atoms with Crippen molar-refractivity contribution in [1.29, 1.82) is 0 Å². The van der Waals surface area contributed by atoms with Crippen LogP contribution in [0.1, 0.15) is 26.7 Å². The monoisotopic (exact) mass is 252 g/mol. The van der Waals surface area contributed by atoms with E-state index in [1.54, 1.807) is 6.92 Å². The van der Waals surface area contributed by atoms with Gasteiger partial charge in [-0.2, -0.15) is 0 Å². The Hall–Kier alpha value is 1.12. The van der Waals surface area contributed by atoms with Crippen molar-refractivity contribution >= 4 is 46.4 Å². The molecular formula is C7H12Cl4O. The second-order valence-electron chi connectivity index (χ2n) is 3.03. The summed E-state index contributed by atoms with van der Waals surface area (Å²) in [5, 5.41) is 9.37. The molecule has 2 atom stereocenters. The quantitative estimate of drug-likeness (QED) is 0.764. The maximum atomic E-state index is 9.37. The molecule has 12 heavy (non-hydrogen) atoms. The number of halogens is 4. The van der Waals surface area contributed by atoms with E-state index < -0.39 is 14.8 Å². The lowest BCUT2D eigenvalue weighted by atomic mass is 10.0. The summed E-state index contributed by atoms with van der Waals surface area (Å²) in [4.78, 5) is -0.511. The molecule has 0 aromatic heterocycles. The molecule has 2 unspecified atom stereocenters. The maximum absolute atomic E-state index is 9.37. The summed E-state index contributed by atoms with van der Waals surface area (Å²) >= 11 is 22.4. The third kappa shape index (κ3) is 4.98. The van der Waals surface area contributed by atoms with E-state index in [1.807, 2.05) is 6.92 Å². The van der Waals surface area contributed by atoms with Crippen LogP contribution in [0.25, 0.3) is 0 Å². The fraction of sp³-hybridized carbons (Fsp3) is 1.00. The highest BCUT2D eigenvalue weighted by Gasteiger charge is 2.35. The summed E-state index contributed by atoms with van der Waals surface area (Å²) in [7, 11) is 0. The van der Waals surface area contributed by atoms with Gasteiger partial charge >= 0.3 is 0 Å². The van der Waals surface area contributed by atoms with Crippen LogP contribution in [0.15, 0.2) is 0 Å². The summed E-state index contributed by atoms with van der Waals surface area (Å²) in [5.41, 5.74) is 0. The van der Waals surface area contributed by atoms with Crippen molar-refractivity contribution in [1.82, 2.24) is 0 Å². The molecule has 74 valence electrons. The van der Waals surface area contributed by atoms with Crippen LogP contribution in [0.3, 0.4) is 0 Å². The molecule has 0 aliphatic heterocycles. The minimum atomic E-state index is -1.65. The molecule has 0 aromatic rings. The van der Waals surface area contributed by atoms with Crippen LogP contribution in [0.2, 0.25) is 0 Å². The van der Waals surface area contributed by atoms with E-state index in [9.17, 15) is 5.11 Å². The van der Waals surface area contributed by atoms with Crippen LogP contribution in [0, 0.1) is 0 Å². The fourth-order valence-corrected chi connectivity index (χ4v) is 1.04. The van der Waals surface area contributed by atoms with Crippen molar-refractivity contribution in [2.45, 2.75) is 41.5 Å². The number of rotatable bonds is 3. The van der Waals surface area contributed by atoms with Gasteiger partial charge in [0.1, 0.15) is 6.10 Å². The van der Waals surface area contributed by atoms with Gasteiger partial charge in [0.2, 0.25) is 3.79 Å². The summed E-state index contributed by atoms with van der Waals surface area (Å²) in [6, 6.07) is 0. The molecule has 0 aromatic carbocycles. The third-order valence-electron chi connectivity index (χ3n) is 1.73. The average Bonchev–Trinajstić information content (AvgIpc) is 1.85. The van der Waals surface area contributed by atoms with Gasteiger partial charge in [0.15, 0.2) is 0 Å². The lowest BCUT2D eigenvalue weighted by Gasteiger charge is -2.27. The van der Waals surface area contributed by atoms with Crippen LogP contribution < -0.4 is 0 Å². The molecule has 1 N–H and O–H groups in total. The normalized spacial score (nSPS) is 20.2. The summed E-state index contributed by atoms with van der Waals surface area (Å²) in [5.74, 6) is 0. The molecule has 0 bridgehead atoms. The van der Waals surface area contributed by atoms with E-state index in [4.69, 9.17) is 46.4 Å². The Kier molecular flexibility index (Phi) is 4.99. The largest absolute Gasteiger partial charge is 0.389 e. The first-order valence-electron chi connectivity index (χ1n) is 3.63. The third-order valence-corrected chi connectivity index (χ3v) is 2.91. The van der Waals surface area contributed by atoms with Gasteiger partial charge in [-0.15, -0.1) is 11.6 Å². The van der Waals surface area contributed by atoms with E-state index >= 15 is 0 Å². The van der Waals surface area contributed by atoms with E-state index in [0.717, 1.165) is 0 Å².